The van der Waals surface area contributed by atoms with Gasteiger partial charge in [-0.2, -0.15) is 0 Å². The topological polar surface area (TPSA) is 70.2 Å². The van der Waals surface area contributed by atoms with Crippen LogP contribution in [0.4, 0.5) is 4.39 Å². The average Bonchev–Trinajstić information content (AvgIpc) is 2.36. The molecule has 21 heavy (non-hydrogen) atoms. The van der Waals surface area contributed by atoms with Crippen LogP contribution in [0.25, 0.3) is 0 Å². The third-order valence-corrected chi connectivity index (χ3v) is 3.18. The SMILES string of the molecule is Cl.O=C(NCCCNC(=O)C1CNC1)c1cccc(F)c1. The summed E-state index contributed by atoms with van der Waals surface area (Å²) in [6.45, 7) is 2.45. The third kappa shape index (κ3) is 5.32. The fraction of sp³-hybridized carbons (Fsp3) is 0.429. The first-order valence-electron chi connectivity index (χ1n) is 6.69. The summed E-state index contributed by atoms with van der Waals surface area (Å²) >= 11 is 0. The van der Waals surface area contributed by atoms with Gasteiger partial charge in [0.25, 0.3) is 5.91 Å². The van der Waals surface area contributed by atoms with Crippen molar-refractivity contribution in [2.75, 3.05) is 26.2 Å². The predicted molar refractivity (Wildman–Crippen MR) is 80.0 cm³/mol. The van der Waals surface area contributed by atoms with E-state index in [-0.39, 0.29) is 30.1 Å². The van der Waals surface area contributed by atoms with Crippen molar-refractivity contribution in [1.82, 2.24) is 16.0 Å². The lowest BCUT2D eigenvalue weighted by molar-refractivity contribution is -0.126. The molecule has 2 amide bonds. The highest BCUT2D eigenvalue weighted by molar-refractivity contribution is 5.94. The van der Waals surface area contributed by atoms with Crippen LogP contribution in [0.5, 0.6) is 0 Å². The van der Waals surface area contributed by atoms with Gasteiger partial charge in [0.2, 0.25) is 5.91 Å². The van der Waals surface area contributed by atoms with Gasteiger partial charge in [0.15, 0.2) is 0 Å². The molecule has 0 radical (unpaired) electrons. The monoisotopic (exact) mass is 315 g/mol. The molecule has 0 unspecified atom stereocenters. The second-order valence-corrected chi connectivity index (χ2v) is 4.77. The van der Waals surface area contributed by atoms with E-state index < -0.39 is 5.82 Å². The summed E-state index contributed by atoms with van der Waals surface area (Å²) in [5.41, 5.74) is 0.301. The van der Waals surface area contributed by atoms with E-state index in [2.05, 4.69) is 16.0 Å². The zero-order chi connectivity index (χ0) is 14.4. The molecular formula is C14H19ClFN3O2. The second kappa shape index (κ2) is 8.59. The summed E-state index contributed by atoms with van der Waals surface area (Å²) < 4.78 is 12.9. The van der Waals surface area contributed by atoms with E-state index in [9.17, 15) is 14.0 Å². The third-order valence-electron chi connectivity index (χ3n) is 3.18. The minimum atomic E-state index is -0.431. The molecule has 0 spiro atoms. The first-order chi connectivity index (χ1) is 9.66. The maximum atomic E-state index is 12.9. The number of hydrogen-bond acceptors (Lipinski definition) is 3. The highest BCUT2D eigenvalue weighted by Crippen LogP contribution is 2.03. The van der Waals surface area contributed by atoms with E-state index in [0.29, 0.717) is 25.1 Å². The molecule has 0 aromatic heterocycles. The van der Waals surface area contributed by atoms with Gasteiger partial charge in [-0.05, 0) is 24.6 Å². The first kappa shape index (κ1) is 17.4. The molecule has 1 saturated heterocycles. The smallest absolute Gasteiger partial charge is 0.251 e. The number of nitrogens with one attached hydrogen (secondary N) is 3. The number of halogens is 2. The van der Waals surface area contributed by atoms with Crippen LogP contribution < -0.4 is 16.0 Å². The van der Waals surface area contributed by atoms with Crippen molar-refractivity contribution in [1.29, 1.82) is 0 Å². The number of benzene rings is 1. The molecule has 3 N–H and O–H groups in total. The van der Waals surface area contributed by atoms with Gasteiger partial charge < -0.3 is 16.0 Å². The molecule has 116 valence electrons. The Bertz CT molecular complexity index is 495. The standard InChI is InChI=1S/C14H18FN3O2.ClH/c15-12-4-1-3-10(7-12)13(19)17-5-2-6-18-14(20)11-8-16-9-11;/h1,3-4,7,11,16H,2,5-6,8-9H2,(H,17,19)(H,18,20);1H. The lowest BCUT2D eigenvalue weighted by Crippen LogP contribution is -2.51. The number of amides is 2. The quantitative estimate of drug-likeness (QED) is 0.677. The van der Waals surface area contributed by atoms with Crippen molar-refractivity contribution >= 4 is 24.2 Å². The van der Waals surface area contributed by atoms with Crippen LogP contribution in [-0.4, -0.2) is 38.0 Å². The van der Waals surface area contributed by atoms with Gasteiger partial charge >= 0.3 is 0 Å². The Balaban J connectivity index is 0.00000220. The largest absolute Gasteiger partial charge is 0.356 e. The van der Waals surface area contributed by atoms with Crippen LogP contribution >= 0.6 is 12.4 Å². The van der Waals surface area contributed by atoms with Gasteiger partial charge in [-0.15, -0.1) is 12.4 Å². The Morgan fingerprint density at radius 2 is 1.95 bits per heavy atom. The predicted octanol–water partition coefficient (Wildman–Crippen LogP) is 0.703. The summed E-state index contributed by atoms with van der Waals surface area (Å²) in [7, 11) is 0. The van der Waals surface area contributed by atoms with E-state index >= 15 is 0 Å². The molecule has 1 fully saturated rings. The molecule has 0 aliphatic carbocycles. The summed E-state index contributed by atoms with van der Waals surface area (Å²) in [5, 5.41) is 8.54. The molecule has 1 heterocycles. The molecule has 0 bridgehead atoms. The van der Waals surface area contributed by atoms with Crippen LogP contribution in [0.2, 0.25) is 0 Å². The van der Waals surface area contributed by atoms with E-state index in [4.69, 9.17) is 0 Å². The van der Waals surface area contributed by atoms with Crippen molar-refractivity contribution in [2.24, 2.45) is 5.92 Å². The van der Waals surface area contributed by atoms with E-state index in [0.717, 1.165) is 13.1 Å². The minimum Gasteiger partial charge on any atom is -0.356 e. The van der Waals surface area contributed by atoms with Crippen molar-refractivity contribution in [2.45, 2.75) is 6.42 Å². The zero-order valence-electron chi connectivity index (χ0n) is 11.5. The normalized spacial score (nSPS) is 13.8. The van der Waals surface area contributed by atoms with Gasteiger partial charge in [-0.3, -0.25) is 9.59 Å². The zero-order valence-corrected chi connectivity index (χ0v) is 12.3. The maximum absolute atomic E-state index is 12.9. The van der Waals surface area contributed by atoms with Gasteiger partial charge in [0, 0.05) is 31.7 Å². The first-order valence-corrected chi connectivity index (χ1v) is 6.69. The summed E-state index contributed by atoms with van der Waals surface area (Å²) in [6.07, 6.45) is 0.646. The summed E-state index contributed by atoms with van der Waals surface area (Å²) in [6, 6.07) is 5.54. The van der Waals surface area contributed by atoms with Crippen LogP contribution in [0.3, 0.4) is 0 Å². The van der Waals surface area contributed by atoms with Crippen LogP contribution in [0.1, 0.15) is 16.8 Å². The number of carbonyl (C=O) groups is 2. The van der Waals surface area contributed by atoms with Crippen LogP contribution in [0.15, 0.2) is 24.3 Å². The Labute approximate surface area is 129 Å². The summed E-state index contributed by atoms with van der Waals surface area (Å²) in [5.74, 6) is -0.602. The number of rotatable bonds is 6. The maximum Gasteiger partial charge on any atom is 0.251 e. The average molecular weight is 316 g/mol. The van der Waals surface area contributed by atoms with Gasteiger partial charge in [-0.1, -0.05) is 6.07 Å². The molecule has 1 aliphatic rings. The fourth-order valence-electron chi connectivity index (χ4n) is 1.85. The Hall–Kier alpha value is -1.66. The van der Waals surface area contributed by atoms with Crippen molar-refractivity contribution in [3.8, 4) is 0 Å². The van der Waals surface area contributed by atoms with Crippen molar-refractivity contribution in [3.05, 3.63) is 35.6 Å². The highest BCUT2D eigenvalue weighted by atomic mass is 35.5. The lowest BCUT2D eigenvalue weighted by Gasteiger charge is -2.25. The fourth-order valence-corrected chi connectivity index (χ4v) is 1.85. The highest BCUT2D eigenvalue weighted by Gasteiger charge is 2.23. The molecule has 1 aromatic rings. The van der Waals surface area contributed by atoms with Gasteiger partial charge in [0.1, 0.15) is 5.82 Å². The van der Waals surface area contributed by atoms with Crippen LogP contribution in [-0.2, 0) is 4.79 Å². The minimum absolute atomic E-state index is 0. The second-order valence-electron chi connectivity index (χ2n) is 4.77. The van der Waals surface area contributed by atoms with E-state index in [1.165, 1.54) is 18.2 Å². The van der Waals surface area contributed by atoms with Gasteiger partial charge in [-0.25, -0.2) is 4.39 Å². The number of carbonyl (C=O) groups excluding carboxylic acids is 2. The van der Waals surface area contributed by atoms with Crippen molar-refractivity contribution in [3.63, 3.8) is 0 Å². The number of hydrogen-bond donors (Lipinski definition) is 3. The Kier molecular flexibility index (Phi) is 7.11. The van der Waals surface area contributed by atoms with Crippen LogP contribution in [0, 0.1) is 11.7 Å². The molecule has 1 aliphatic heterocycles. The summed E-state index contributed by atoms with van der Waals surface area (Å²) in [4.78, 5) is 23.2. The Morgan fingerprint density at radius 3 is 2.57 bits per heavy atom. The molecule has 0 atom stereocenters. The molecule has 2 rings (SSSR count). The van der Waals surface area contributed by atoms with E-state index in [1.54, 1.807) is 6.07 Å². The molecule has 7 heteroatoms. The molecule has 1 aromatic carbocycles. The van der Waals surface area contributed by atoms with Crippen molar-refractivity contribution < 1.29 is 14.0 Å². The molecule has 0 saturated carbocycles. The Morgan fingerprint density at radius 1 is 1.24 bits per heavy atom. The lowest BCUT2D eigenvalue weighted by atomic mass is 10.0. The molecular weight excluding hydrogens is 297 g/mol. The van der Waals surface area contributed by atoms with Gasteiger partial charge in [0.05, 0.1) is 5.92 Å². The molecule has 5 nitrogen and oxygen atoms in total. The van der Waals surface area contributed by atoms with E-state index in [1.807, 2.05) is 0 Å².